The predicted octanol–water partition coefficient (Wildman–Crippen LogP) is 2.57. The van der Waals surface area contributed by atoms with Crippen molar-refractivity contribution in [3.63, 3.8) is 0 Å². The Morgan fingerprint density at radius 1 is 1.16 bits per heavy atom. The van der Waals surface area contributed by atoms with Gasteiger partial charge < -0.3 is 11.1 Å². The maximum absolute atomic E-state index is 12.6. The summed E-state index contributed by atoms with van der Waals surface area (Å²) in [6.45, 7) is 0. The third-order valence-electron chi connectivity index (χ3n) is 5.22. The molecular weight excluding hydrogens is 362 g/mol. The Morgan fingerprint density at radius 3 is 2.36 bits per heavy atom. The molecule has 2 fully saturated rings. The highest BCUT2D eigenvalue weighted by atomic mass is 35.5. The molecule has 1 amide bonds. The van der Waals surface area contributed by atoms with Crippen LogP contribution in [0.25, 0.3) is 0 Å². The number of halogens is 1. The van der Waals surface area contributed by atoms with Gasteiger partial charge in [0.15, 0.2) is 0 Å². The summed E-state index contributed by atoms with van der Waals surface area (Å²) in [5.74, 6) is 0.903. The number of rotatable bonds is 4. The SMILES string of the molecule is CS(=O)(=O)Nc1cccc(NC(=O)C2CC3CCCC(C2)C3N)c1.Cl. The van der Waals surface area contributed by atoms with Crippen molar-refractivity contribution in [2.24, 2.45) is 23.5 Å². The average Bonchev–Trinajstić information content (AvgIpc) is 2.45. The minimum atomic E-state index is -3.34. The maximum Gasteiger partial charge on any atom is 0.229 e. The number of fused-ring (bicyclic) bond motifs is 2. The quantitative estimate of drug-likeness (QED) is 0.738. The standard InChI is InChI=1S/C17H25N3O3S.ClH/c1-24(22,23)20-15-7-3-6-14(10-15)19-17(21)13-8-11-4-2-5-12(9-13)16(11)18;/h3,6-7,10-13,16,20H,2,4-5,8-9,18H2,1H3,(H,19,21);1H. The topological polar surface area (TPSA) is 101 Å². The van der Waals surface area contributed by atoms with E-state index in [-0.39, 0.29) is 30.3 Å². The van der Waals surface area contributed by atoms with E-state index >= 15 is 0 Å². The number of hydrogen-bond donors (Lipinski definition) is 3. The highest BCUT2D eigenvalue weighted by Crippen LogP contribution is 2.42. The number of carbonyl (C=O) groups is 1. The van der Waals surface area contributed by atoms with E-state index in [2.05, 4.69) is 10.0 Å². The molecule has 8 heteroatoms. The predicted molar refractivity (Wildman–Crippen MR) is 102 cm³/mol. The van der Waals surface area contributed by atoms with Crippen LogP contribution in [-0.4, -0.2) is 26.6 Å². The molecule has 2 aliphatic carbocycles. The van der Waals surface area contributed by atoms with Gasteiger partial charge in [0.05, 0.1) is 11.9 Å². The van der Waals surface area contributed by atoms with E-state index in [4.69, 9.17) is 5.73 Å². The number of hydrogen-bond acceptors (Lipinski definition) is 4. The summed E-state index contributed by atoms with van der Waals surface area (Å²) in [5.41, 5.74) is 7.33. The van der Waals surface area contributed by atoms with Crippen molar-refractivity contribution >= 4 is 39.7 Å². The Labute approximate surface area is 155 Å². The van der Waals surface area contributed by atoms with E-state index in [1.807, 2.05) is 0 Å². The Hall–Kier alpha value is -1.31. The molecule has 2 atom stereocenters. The van der Waals surface area contributed by atoms with Crippen LogP contribution >= 0.6 is 12.4 Å². The second-order valence-corrected chi connectivity index (χ2v) is 8.89. The molecule has 2 saturated carbocycles. The highest BCUT2D eigenvalue weighted by molar-refractivity contribution is 7.92. The fraction of sp³-hybridized carbons (Fsp3) is 0.588. The van der Waals surface area contributed by atoms with Gasteiger partial charge in [-0.25, -0.2) is 8.42 Å². The van der Waals surface area contributed by atoms with Crippen LogP contribution in [0.5, 0.6) is 0 Å². The van der Waals surface area contributed by atoms with Gasteiger partial charge in [-0.3, -0.25) is 9.52 Å². The molecule has 0 heterocycles. The van der Waals surface area contributed by atoms with Gasteiger partial charge in [-0.2, -0.15) is 0 Å². The van der Waals surface area contributed by atoms with Gasteiger partial charge >= 0.3 is 0 Å². The number of carbonyl (C=O) groups excluding carboxylic acids is 1. The summed E-state index contributed by atoms with van der Waals surface area (Å²) in [6, 6.07) is 7.01. The van der Waals surface area contributed by atoms with E-state index < -0.39 is 10.0 Å². The van der Waals surface area contributed by atoms with E-state index in [0.29, 0.717) is 23.2 Å². The number of benzene rings is 1. The summed E-state index contributed by atoms with van der Waals surface area (Å²) in [4.78, 5) is 12.6. The highest BCUT2D eigenvalue weighted by Gasteiger charge is 2.40. The van der Waals surface area contributed by atoms with Crippen LogP contribution in [0.1, 0.15) is 32.1 Å². The lowest BCUT2D eigenvalue weighted by Gasteiger charge is -2.43. The van der Waals surface area contributed by atoms with Crippen molar-refractivity contribution in [3.8, 4) is 0 Å². The molecule has 25 heavy (non-hydrogen) atoms. The van der Waals surface area contributed by atoms with Gasteiger partial charge in [-0.05, 0) is 55.7 Å². The summed E-state index contributed by atoms with van der Waals surface area (Å²) >= 11 is 0. The first-order valence-electron chi connectivity index (χ1n) is 8.46. The molecule has 1 aromatic carbocycles. The van der Waals surface area contributed by atoms with Gasteiger partial charge in [-0.1, -0.05) is 12.5 Å². The molecule has 3 rings (SSSR count). The summed E-state index contributed by atoms with van der Waals surface area (Å²) in [6.07, 6.45) is 6.26. The number of anilines is 2. The van der Waals surface area contributed by atoms with Gasteiger partial charge in [0, 0.05) is 17.6 Å². The molecule has 2 aliphatic rings. The van der Waals surface area contributed by atoms with E-state index in [9.17, 15) is 13.2 Å². The lowest BCUT2D eigenvalue weighted by Crippen LogP contribution is -2.48. The van der Waals surface area contributed by atoms with Crippen LogP contribution in [-0.2, 0) is 14.8 Å². The van der Waals surface area contributed by atoms with Gasteiger partial charge in [0.25, 0.3) is 0 Å². The lowest BCUT2D eigenvalue weighted by atomic mass is 9.65. The summed E-state index contributed by atoms with van der Waals surface area (Å²) < 4.78 is 25.0. The molecular formula is C17H26ClN3O3S. The Kier molecular flexibility index (Phi) is 6.35. The second kappa shape index (κ2) is 7.93. The first-order valence-corrected chi connectivity index (χ1v) is 10.4. The monoisotopic (exact) mass is 387 g/mol. The van der Waals surface area contributed by atoms with E-state index in [1.165, 1.54) is 6.42 Å². The first-order chi connectivity index (χ1) is 11.3. The minimum absolute atomic E-state index is 0. The van der Waals surface area contributed by atoms with Crippen LogP contribution in [0.2, 0.25) is 0 Å². The molecule has 2 unspecified atom stereocenters. The molecule has 140 valence electrons. The third-order valence-corrected chi connectivity index (χ3v) is 5.82. The van der Waals surface area contributed by atoms with Crippen molar-refractivity contribution in [3.05, 3.63) is 24.3 Å². The molecule has 0 aliphatic heterocycles. The molecule has 6 nitrogen and oxygen atoms in total. The van der Waals surface area contributed by atoms with Crippen LogP contribution in [0.3, 0.4) is 0 Å². The van der Waals surface area contributed by atoms with Crippen LogP contribution in [0.15, 0.2) is 24.3 Å². The van der Waals surface area contributed by atoms with Gasteiger partial charge in [0.1, 0.15) is 0 Å². The number of nitrogens with two attached hydrogens (primary N) is 1. The van der Waals surface area contributed by atoms with Crippen LogP contribution in [0.4, 0.5) is 11.4 Å². The molecule has 0 spiro atoms. The molecule has 0 saturated heterocycles. The summed E-state index contributed by atoms with van der Waals surface area (Å²) in [7, 11) is -3.34. The zero-order valence-electron chi connectivity index (χ0n) is 14.3. The van der Waals surface area contributed by atoms with E-state index in [1.54, 1.807) is 24.3 Å². The number of sulfonamides is 1. The second-order valence-electron chi connectivity index (χ2n) is 7.14. The number of amides is 1. The van der Waals surface area contributed by atoms with Crippen LogP contribution < -0.4 is 15.8 Å². The fourth-order valence-electron chi connectivity index (χ4n) is 4.12. The van der Waals surface area contributed by atoms with Crippen molar-refractivity contribution in [2.75, 3.05) is 16.3 Å². The lowest BCUT2D eigenvalue weighted by molar-refractivity contribution is -0.122. The van der Waals surface area contributed by atoms with Crippen molar-refractivity contribution in [1.29, 1.82) is 0 Å². The Balaban J connectivity index is 0.00000225. The zero-order valence-corrected chi connectivity index (χ0v) is 15.9. The van der Waals surface area contributed by atoms with Crippen molar-refractivity contribution in [1.82, 2.24) is 0 Å². The van der Waals surface area contributed by atoms with Gasteiger partial charge in [0.2, 0.25) is 15.9 Å². The van der Waals surface area contributed by atoms with Crippen molar-refractivity contribution < 1.29 is 13.2 Å². The maximum atomic E-state index is 12.6. The molecule has 0 aromatic heterocycles. The normalized spacial score (nSPS) is 28.6. The first kappa shape index (κ1) is 20.0. The average molecular weight is 388 g/mol. The Bertz CT molecular complexity index is 712. The van der Waals surface area contributed by atoms with Crippen molar-refractivity contribution in [2.45, 2.75) is 38.1 Å². The third kappa shape index (κ3) is 5.09. The summed E-state index contributed by atoms with van der Waals surface area (Å²) in [5, 5.41) is 2.93. The molecule has 0 radical (unpaired) electrons. The van der Waals surface area contributed by atoms with Gasteiger partial charge in [-0.15, -0.1) is 12.4 Å². The number of nitrogens with one attached hydrogen (secondary N) is 2. The van der Waals surface area contributed by atoms with E-state index in [0.717, 1.165) is 31.9 Å². The molecule has 4 N–H and O–H groups in total. The van der Waals surface area contributed by atoms with Crippen LogP contribution in [0, 0.1) is 17.8 Å². The largest absolute Gasteiger partial charge is 0.327 e. The fourth-order valence-corrected chi connectivity index (χ4v) is 4.68. The zero-order chi connectivity index (χ0) is 17.3. The molecule has 1 aromatic rings. The minimum Gasteiger partial charge on any atom is -0.327 e. The molecule has 2 bridgehead atoms. The Morgan fingerprint density at radius 2 is 1.76 bits per heavy atom. The smallest absolute Gasteiger partial charge is 0.229 e.